The molecule has 2 aromatic rings. The van der Waals surface area contributed by atoms with E-state index in [9.17, 15) is 5.11 Å². The molecule has 0 radical (unpaired) electrons. The SMILES string of the molecule is CCCn1cc(C(O)CCc2ccnn2C)cn1. The number of nitrogens with zero attached hydrogens (tertiary/aromatic N) is 4. The van der Waals surface area contributed by atoms with Crippen molar-refractivity contribution >= 4 is 0 Å². The first-order valence-corrected chi connectivity index (χ1v) is 6.38. The van der Waals surface area contributed by atoms with Crippen LogP contribution in [0.3, 0.4) is 0 Å². The molecule has 0 saturated carbocycles. The minimum atomic E-state index is -0.453. The van der Waals surface area contributed by atoms with E-state index in [1.807, 2.05) is 28.7 Å². The molecular formula is C13H20N4O. The first-order valence-electron chi connectivity index (χ1n) is 6.38. The van der Waals surface area contributed by atoms with Crippen LogP contribution in [0.4, 0.5) is 0 Å². The van der Waals surface area contributed by atoms with Gasteiger partial charge in [0.05, 0.1) is 12.3 Å². The van der Waals surface area contributed by atoms with E-state index >= 15 is 0 Å². The molecule has 0 fully saturated rings. The highest BCUT2D eigenvalue weighted by molar-refractivity contribution is 5.09. The van der Waals surface area contributed by atoms with E-state index in [1.54, 1.807) is 12.4 Å². The van der Waals surface area contributed by atoms with Crippen LogP contribution in [0.25, 0.3) is 0 Å². The summed E-state index contributed by atoms with van der Waals surface area (Å²) >= 11 is 0. The minimum absolute atomic E-state index is 0.453. The highest BCUT2D eigenvalue weighted by atomic mass is 16.3. The molecular weight excluding hydrogens is 228 g/mol. The Bertz CT molecular complexity index is 489. The Morgan fingerprint density at radius 2 is 2.22 bits per heavy atom. The largest absolute Gasteiger partial charge is 0.388 e. The van der Waals surface area contributed by atoms with Crippen LogP contribution < -0.4 is 0 Å². The second-order valence-corrected chi connectivity index (χ2v) is 4.54. The molecule has 0 aromatic carbocycles. The summed E-state index contributed by atoms with van der Waals surface area (Å²) < 4.78 is 3.72. The molecule has 0 bridgehead atoms. The Hall–Kier alpha value is -1.62. The summed E-state index contributed by atoms with van der Waals surface area (Å²) in [5.74, 6) is 0. The fraction of sp³-hybridized carbons (Fsp3) is 0.538. The summed E-state index contributed by atoms with van der Waals surface area (Å²) in [6.07, 6.45) is 7.56. The quantitative estimate of drug-likeness (QED) is 0.846. The molecule has 5 nitrogen and oxygen atoms in total. The van der Waals surface area contributed by atoms with Gasteiger partial charge >= 0.3 is 0 Å². The Morgan fingerprint density at radius 1 is 1.39 bits per heavy atom. The van der Waals surface area contributed by atoms with Gasteiger partial charge in [-0.05, 0) is 25.3 Å². The highest BCUT2D eigenvalue weighted by Gasteiger charge is 2.11. The Balaban J connectivity index is 1.90. The maximum absolute atomic E-state index is 10.1. The van der Waals surface area contributed by atoms with Crippen molar-refractivity contribution in [1.82, 2.24) is 19.6 Å². The predicted molar refractivity (Wildman–Crippen MR) is 69.0 cm³/mol. The van der Waals surface area contributed by atoms with E-state index in [0.717, 1.165) is 30.6 Å². The summed E-state index contributed by atoms with van der Waals surface area (Å²) in [6.45, 7) is 3.01. The number of hydrogen-bond acceptors (Lipinski definition) is 3. The van der Waals surface area contributed by atoms with Gasteiger partial charge in [-0.1, -0.05) is 6.92 Å². The molecule has 0 spiro atoms. The van der Waals surface area contributed by atoms with Crippen molar-refractivity contribution in [3.05, 3.63) is 35.9 Å². The molecule has 1 N–H and O–H groups in total. The molecule has 5 heteroatoms. The maximum atomic E-state index is 10.1. The molecule has 0 aliphatic carbocycles. The lowest BCUT2D eigenvalue weighted by molar-refractivity contribution is 0.167. The first-order chi connectivity index (χ1) is 8.70. The molecule has 0 saturated heterocycles. The molecule has 0 aliphatic rings. The lowest BCUT2D eigenvalue weighted by Gasteiger charge is -2.08. The fourth-order valence-corrected chi connectivity index (χ4v) is 2.00. The number of hydrogen-bond donors (Lipinski definition) is 1. The van der Waals surface area contributed by atoms with E-state index in [-0.39, 0.29) is 0 Å². The van der Waals surface area contributed by atoms with Crippen LogP contribution in [0.2, 0.25) is 0 Å². The molecule has 2 aromatic heterocycles. The zero-order chi connectivity index (χ0) is 13.0. The van der Waals surface area contributed by atoms with E-state index in [4.69, 9.17) is 0 Å². The van der Waals surface area contributed by atoms with Crippen molar-refractivity contribution in [3.8, 4) is 0 Å². The van der Waals surface area contributed by atoms with Gasteiger partial charge in [0.1, 0.15) is 0 Å². The van der Waals surface area contributed by atoms with Crippen LogP contribution in [-0.4, -0.2) is 24.7 Å². The zero-order valence-electron chi connectivity index (χ0n) is 11.0. The topological polar surface area (TPSA) is 55.9 Å². The van der Waals surface area contributed by atoms with Crippen molar-refractivity contribution < 1.29 is 5.11 Å². The van der Waals surface area contributed by atoms with Gasteiger partial charge in [0.25, 0.3) is 0 Å². The summed E-state index contributed by atoms with van der Waals surface area (Å²) in [6, 6.07) is 1.98. The molecule has 18 heavy (non-hydrogen) atoms. The molecule has 98 valence electrons. The Morgan fingerprint density at radius 3 is 2.89 bits per heavy atom. The molecule has 1 unspecified atom stereocenters. The summed E-state index contributed by atoms with van der Waals surface area (Å²) in [7, 11) is 1.92. The predicted octanol–water partition coefficient (Wildman–Crippen LogP) is 1.69. The van der Waals surface area contributed by atoms with Crippen LogP contribution in [0.15, 0.2) is 24.7 Å². The fourth-order valence-electron chi connectivity index (χ4n) is 2.00. The normalized spacial score (nSPS) is 12.8. The highest BCUT2D eigenvalue weighted by Crippen LogP contribution is 2.18. The number of aryl methyl sites for hydroxylation is 3. The van der Waals surface area contributed by atoms with Gasteiger partial charge in [-0.3, -0.25) is 9.36 Å². The first kappa shape index (κ1) is 12.8. The van der Waals surface area contributed by atoms with Gasteiger partial charge in [0.15, 0.2) is 0 Å². The van der Waals surface area contributed by atoms with Crippen LogP contribution in [0.1, 0.15) is 37.1 Å². The van der Waals surface area contributed by atoms with Crippen molar-refractivity contribution in [2.45, 2.75) is 38.8 Å². The molecule has 2 rings (SSSR count). The molecule has 0 amide bonds. The van der Waals surface area contributed by atoms with E-state index < -0.39 is 6.10 Å². The smallest absolute Gasteiger partial charge is 0.0824 e. The van der Waals surface area contributed by atoms with Crippen molar-refractivity contribution in [2.75, 3.05) is 0 Å². The minimum Gasteiger partial charge on any atom is -0.388 e. The number of rotatable bonds is 6. The van der Waals surface area contributed by atoms with Crippen molar-refractivity contribution in [1.29, 1.82) is 0 Å². The third-order valence-corrected chi connectivity index (χ3v) is 3.09. The van der Waals surface area contributed by atoms with Crippen molar-refractivity contribution in [2.24, 2.45) is 7.05 Å². The standard InChI is InChI=1S/C13H20N4O/c1-3-8-17-10-11(9-15-17)13(18)5-4-12-6-7-14-16(12)2/h6-7,9-10,13,18H,3-5,8H2,1-2H3. The summed E-state index contributed by atoms with van der Waals surface area (Å²) in [5.41, 5.74) is 2.03. The third kappa shape index (κ3) is 2.98. The van der Waals surface area contributed by atoms with E-state index in [0.29, 0.717) is 6.42 Å². The van der Waals surface area contributed by atoms with Gasteiger partial charge in [-0.25, -0.2) is 0 Å². The number of aliphatic hydroxyl groups is 1. The average Bonchev–Trinajstić information content (AvgIpc) is 2.96. The zero-order valence-corrected chi connectivity index (χ0v) is 11.0. The Labute approximate surface area is 107 Å². The molecule has 2 heterocycles. The number of aromatic nitrogens is 4. The van der Waals surface area contributed by atoms with Gasteiger partial charge in [-0.15, -0.1) is 0 Å². The monoisotopic (exact) mass is 248 g/mol. The average molecular weight is 248 g/mol. The second-order valence-electron chi connectivity index (χ2n) is 4.54. The van der Waals surface area contributed by atoms with Crippen LogP contribution in [0.5, 0.6) is 0 Å². The van der Waals surface area contributed by atoms with Gasteiger partial charge in [0.2, 0.25) is 0 Å². The maximum Gasteiger partial charge on any atom is 0.0824 e. The molecule has 0 aliphatic heterocycles. The van der Waals surface area contributed by atoms with Crippen LogP contribution in [-0.2, 0) is 20.0 Å². The lowest BCUT2D eigenvalue weighted by Crippen LogP contribution is -2.03. The van der Waals surface area contributed by atoms with E-state index in [2.05, 4.69) is 17.1 Å². The second kappa shape index (κ2) is 5.82. The van der Waals surface area contributed by atoms with Gasteiger partial charge in [-0.2, -0.15) is 10.2 Å². The Kier molecular flexibility index (Phi) is 4.15. The van der Waals surface area contributed by atoms with Crippen LogP contribution in [0, 0.1) is 0 Å². The third-order valence-electron chi connectivity index (χ3n) is 3.09. The van der Waals surface area contributed by atoms with Gasteiger partial charge in [0, 0.05) is 37.2 Å². The van der Waals surface area contributed by atoms with E-state index in [1.165, 1.54) is 0 Å². The van der Waals surface area contributed by atoms with Gasteiger partial charge < -0.3 is 5.11 Å². The summed E-state index contributed by atoms with van der Waals surface area (Å²) in [4.78, 5) is 0. The molecule has 1 atom stereocenters. The summed E-state index contributed by atoms with van der Waals surface area (Å²) in [5, 5.41) is 18.5. The lowest BCUT2D eigenvalue weighted by atomic mass is 10.1. The van der Waals surface area contributed by atoms with Crippen molar-refractivity contribution in [3.63, 3.8) is 0 Å². The van der Waals surface area contributed by atoms with Crippen LogP contribution >= 0.6 is 0 Å². The number of aliphatic hydroxyl groups excluding tert-OH is 1.